The van der Waals surface area contributed by atoms with Crippen LogP contribution in [0.3, 0.4) is 0 Å². The maximum absolute atomic E-state index is 8.70. The van der Waals surface area contributed by atoms with E-state index in [0.29, 0.717) is 39.3 Å². The maximum Gasteiger partial charge on any atom is 0.181 e. The Labute approximate surface area is 328 Å². The molecule has 5 aromatic heterocycles. The number of hydrogen-bond donors (Lipinski definition) is 0. The Morgan fingerprint density at radius 2 is 1.53 bits per heavy atom. The third-order valence-corrected chi connectivity index (χ3v) is 7.94. The van der Waals surface area contributed by atoms with Crippen LogP contribution < -0.4 is 0 Å². The fourth-order valence-electron chi connectivity index (χ4n) is 5.90. The van der Waals surface area contributed by atoms with Gasteiger partial charge in [0.2, 0.25) is 0 Å². The SMILES string of the molecule is [2H]C([2H])([2H])c1cc(-c2[c-]ccc3oc4c(ccn5c6ccccc6nc45)c23)ncc1C([2H])([2H])C(C)(C)C.[2H]C([2H])([2H])c1cnc(-c2[c-]cccc2)cc1C([2H])([2H])C(C)(C)C.[Ir]. The van der Waals surface area contributed by atoms with Crippen LogP contribution in [0.2, 0.25) is 0 Å². The van der Waals surface area contributed by atoms with Crippen molar-refractivity contribution in [2.24, 2.45) is 10.8 Å². The van der Waals surface area contributed by atoms with E-state index in [1.54, 1.807) is 59.7 Å². The van der Waals surface area contributed by atoms with Crippen LogP contribution in [0, 0.1) is 36.7 Å². The van der Waals surface area contributed by atoms with E-state index < -0.39 is 37.3 Å². The molecule has 0 unspecified atom stereocenters. The molecule has 1 radical (unpaired) electrons. The number of nitrogens with zero attached hydrogens (tertiary/aromatic N) is 4. The summed E-state index contributed by atoms with van der Waals surface area (Å²) >= 11 is 0. The monoisotopic (exact) mass is 859 g/mol. The molecule has 0 saturated carbocycles. The quantitative estimate of drug-likeness (QED) is 0.165. The molecule has 0 fully saturated rings. The van der Waals surface area contributed by atoms with Gasteiger partial charge in [-0.1, -0.05) is 88.4 Å². The van der Waals surface area contributed by atoms with Crippen molar-refractivity contribution < 1.29 is 38.2 Å². The Bertz CT molecular complexity index is 2890. The molecular formula is C45H44IrN4O-2. The summed E-state index contributed by atoms with van der Waals surface area (Å²) in [5.74, 6) is 0. The molecule has 51 heavy (non-hydrogen) atoms. The van der Waals surface area contributed by atoms with Gasteiger partial charge < -0.3 is 14.4 Å². The molecule has 0 saturated heterocycles. The van der Waals surface area contributed by atoms with Crippen LogP contribution in [0.15, 0.2) is 102 Å². The fraction of sp³-hybridized carbons (Fsp3) is 0.267. The van der Waals surface area contributed by atoms with Crippen LogP contribution in [0.4, 0.5) is 0 Å². The number of benzene rings is 3. The maximum atomic E-state index is 8.70. The molecule has 8 rings (SSSR count). The predicted molar refractivity (Wildman–Crippen MR) is 206 cm³/mol. The standard InChI is InChI=1S/C28H24N3O.C17H20N.Ir/c1-17-14-22(29-16-18(17)15-28(2,3)4)19-8-7-11-24-25(19)20-12-13-31-23-10-6-5-9-21(23)30-27(31)26(20)32-24;1-13-12-18-16(14-8-6-5-7-9-14)10-15(13)11-17(2,3)4;/h5-7,9-14,16H,15H2,1-4H3;5-8,10,12H,11H2,1-4H3;/q2*-1;/i1D3,15D2;1D3,11D2;. The molecule has 0 atom stereocenters. The summed E-state index contributed by atoms with van der Waals surface area (Å²) in [6, 6.07) is 29.8. The topological polar surface area (TPSA) is 56.2 Å². The van der Waals surface area contributed by atoms with Crippen LogP contribution in [-0.4, -0.2) is 19.4 Å². The first-order valence-corrected chi connectivity index (χ1v) is 16.4. The third-order valence-electron chi connectivity index (χ3n) is 7.94. The Morgan fingerprint density at radius 1 is 0.784 bits per heavy atom. The van der Waals surface area contributed by atoms with Crippen molar-refractivity contribution in [3.05, 3.63) is 132 Å². The summed E-state index contributed by atoms with van der Waals surface area (Å²) in [6.45, 7) is 5.56. The Morgan fingerprint density at radius 3 is 2.27 bits per heavy atom. The number of aryl methyl sites for hydroxylation is 2. The van der Waals surface area contributed by atoms with Gasteiger partial charge >= 0.3 is 0 Å². The zero-order chi connectivity index (χ0) is 43.8. The van der Waals surface area contributed by atoms with E-state index in [1.165, 1.54) is 18.5 Å². The summed E-state index contributed by atoms with van der Waals surface area (Å²) in [5.41, 5.74) is 4.47. The van der Waals surface area contributed by atoms with Crippen LogP contribution in [0.25, 0.3) is 61.1 Å². The first-order chi connectivity index (χ1) is 27.8. The molecule has 3 aromatic carbocycles. The molecule has 0 bridgehead atoms. The van der Waals surface area contributed by atoms with Gasteiger partial charge in [-0.25, -0.2) is 4.98 Å². The normalized spacial score (nSPS) is 15.9. The molecule has 0 aliphatic rings. The summed E-state index contributed by atoms with van der Waals surface area (Å²) in [7, 11) is 0. The number of rotatable bonds is 4. The van der Waals surface area contributed by atoms with Crippen molar-refractivity contribution in [2.75, 3.05) is 0 Å². The fourth-order valence-corrected chi connectivity index (χ4v) is 5.90. The van der Waals surface area contributed by atoms with Crippen molar-refractivity contribution >= 4 is 38.6 Å². The van der Waals surface area contributed by atoms with Gasteiger partial charge in [0.1, 0.15) is 0 Å². The molecule has 8 aromatic rings. The Balaban J connectivity index is 0.000000225. The first kappa shape index (κ1) is 25.3. The first-order valence-electron chi connectivity index (χ1n) is 21.4. The molecule has 0 N–H and O–H groups in total. The van der Waals surface area contributed by atoms with E-state index in [1.807, 2.05) is 65.2 Å². The largest absolute Gasteiger partial charge is 0.472 e. The second-order valence-corrected chi connectivity index (χ2v) is 14.3. The second-order valence-electron chi connectivity index (χ2n) is 14.3. The number of aromatic nitrogens is 4. The second kappa shape index (κ2) is 14.2. The van der Waals surface area contributed by atoms with Crippen LogP contribution >= 0.6 is 0 Å². The summed E-state index contributed by atoms with van der Waals surface area (Å²) < 4.78 is 90.2. The van der Waals surface area contributed by atoms with Gasteiger partial charge in [-0.2, -0.15) is 0 Å². The van der Waals surface area contributed by atoms with Gasteiger partial charge in [0, 0.05) is 52.4 Å². The number of furan rings is 1. The van der Waals surface area contributed by atoms with Crippen LogP contribution in [0.1, 0.15) is 77.5 Å². The average molecular weight is 859 g/mol. The smallest absolute Gasteiger partial charge is 0.181 e. The van der Waals surface area contributed by atoms with E-state index in [9.17, 15) is 0 Å². The number of pyridine rings is 3. The van der Waals surface area contributed by atoms with Crippen molar-refractivity contribution in [3.63, 3.8) is 0 Å². The number of fused-ring (bicyclic) bond motifs is 7. The number of para-hydroxylation sites is 2. The van der Waals surface area contributed by atoms with Crippen molar-refractivity contribution in [3.8, 4) is 22.5 Å². The average Bonchev–Trinajstić information content (AvgIpc) is 3.75. The van der Waals surface area contributed by atoms with Gasteiger partial charge in [-0.05, 0) is 83.4 Å². The van der Waals surface area contributed by atoms with Crippen molar-refractivity contribution in [1.29, 1.82) is 0 Å². The Kier molecular flexibility index (Phi) is 7.04. The molecular weight excluding hydrogens is 805 g/mol. The molecule has 261 valence electrons. The molecule has 5 heterocycles. The summed E-state index contributed by atoms with van der Waals surface area (Å²) in [5, 5.41) is 1.57. The number of imidazole rings is 1. The Hall–Kier alpha value is -4.64. The van der Waals surface area contributed by atoms with E-state index in [4.69, 9.17) is 23.1 Å². The van der Waals surface area contributed by atoms with Gasteiger partial charge in [0.05, 0.1) is 16.6 Å². The predicted octanol–water partition coefficient (Wildman–Crippen LogP) is 11.6. The molecule has 0 spiro atoms. The van der Waals surface area contributed by atoms with Gasteiger partial charge in [-0.3, -0.25) is 4.40 Å². The molecule has 5 nitrogen and oxygen atoms in total. The summed E-state index contributed by atoms with van der Waals surface area (Å²) in [6.07, 6.45) is 0.845. The van der Waals surface area contributed by atoms with Gasteiger partial charge in [0.25, 0.3) is 0 Å². The zero-order valence-electron chi connectivity index (χ0n) is 39.3. The van der Waals surface area contributed by atoms with Gasteiger partial charge in [-0.15, -0.1) is 53.6 Å². The molecule has 6 heteroatoms. The van der Waals surface area contributed by atoms with E-state index >= 15 is 0 Å². The summed E-state index contributed by atoms with van der Waals surface area (Å²) in [4.78, 5) is 13.5. The molecule has 0 amide bonds. The minimum Gasteiger partial charge on any atom is -0.472 e. The van der Waals surface area contributed by atoms with Crippen LogP contribution in [-0.2, 0) is 32.9 Å². The van der Waals surface area contributed by atoms with E-state index in [0.717, 1.165) is 21.8 Å². The molecule has 0 aliphatic heterocycles. The molecule has 0 aliphatic carbocycles. The van der Waals surface area contributed by atoms with E-state index in [-0.39, 0.29) is 42.4 Å². The zero-order valence-corrected chi connectivity index (χ0v) is 31.7. The van der Waals surface area contributed by atoms with Crippen LogP contribution in [0.5, 0.6) is 0 Å². The van der Waals surface area contributed by atoms with Crippen molar-refractivity contribution in [2.45, 2.75) is 68.0 Å². The minimum atomic E-state index is -2.53. The third kappa shape index (κ3) is 7.68. The van der Waals surface area contributed by atoms with Crippen molar-refractivity contribution in [1.82, 2.24) is 19.4 Å². The van der Waals surface area contributed by atoms with E-state index in [2.05, 4.69) is 22.1 Å². The minimum absolute atomic E-state index is 0. The number of hydrogen-bond acceptors (Lipinski definition) is 4. The van der Waals surface area contributed by atoms with Gasteiger partial charge in [0.15, 0.2) is 11.2 Å².